The quantitative estimate of drug-likeness (QED) is 0.821. The molecule has 1 aromatic carbocycles. The van der Waals surface area contributed by atoms with Crippen molar-refractivity contribution in [1.29, 1.82) is 0 Å². The van der Waals surface area contributed by atoms with E-state index in [1.165, 1.54) is 0 Å². The maximum atomic E-state index is 12.8. The first-order chi connectivity index (χ1) is 12.6. The molecule has 0 spiro atoms. The van der Waals surface area contributed by atoms with Crippen LogP contribution in [0.2, 0.25) is 0 Å². The van der Waals surface area contributed by atoms with E-state index in [-0.39, 0.29) is 5.43 Å². The number of ether oxygens (including phenoxy) is 1. The van der Waals surface area contributed by atoms with Crippen molar-refractivity contribution in [2.45, 2.75) is 26.3 Å². The van der Waals surface area contributed by atoms with Crippen molar-refractivity contribution in [3.63, 3.8) is 0 Å². The molecule has 0 unspecified atom stereocenters. The first-order valence-electron chi connectivity index (χ1n) is 9.04. The third kappa shape index (κ3) is 4.19. The molecular formula is C20H26N4O2. The fourth-order valence-electron chi connectivity index (χ4n) is 3.13. The van der Waals surface area contributed by atoms with E-state index in [0.717, 1.165) is 43.3 Å². The predicted octanol–water partition coefficient (Wildman–Crippen LogP) is 2.29. The molecule has 0 atom stereocenters. The van der Waals surface area contributed by atoms with E-state index in [9.17, 15) is 4.79 Å². The van der Waals surface area contributed by atoms with Gasteiger partial charge in [0.1, 0.15) is 0 Å². The van der Waals surface area contributed by atoms with Crippen LogP contribution in [0.15, 0.2) is 41.5 Å². The van der Waals surface area contributed by atoms with E-state index in [2.05, 4.69) is 33.6 Å². The lowest BCUT2D eigenvalue weighted by molar-refractivity contribution is 0.248. The molecular weight excluding hydrogens is 328 g/mol. The summed E-state index contributed by atoms with van der Waals surface area (Å²) in [6.45, 7) is 8.31. The summed E-state index contributed by atoms with van der Waals surface area (Å²) in [5, 5.41) is 0. The summed E-state index contributed by atoms with van der Waals surface area (Å²) in [5.41, 5.74) is 1.86. The Hall–Kier alpha value is -2.47. The smallest absolute Gasteiger partial charge is 0.225 e. The van der Waals surface area contributed by atoms with Gasteiger partial charge in [0.15, 0.2) is 5.75 Å². The Morgan fingerprint density at radius 1 is 1.12 bits per heavy atom. The standard InChI is InChI=1S/C20H26N4O2/c1-15(2)16-5-6-17(19(25)18(13-16)26-3)14-23-9-11-24(12-10-23)20-21-7-4-8-22-20/h4-8,13,15H,9-12,14H2,1-3H3. The van der Waals surface area contributed by atoms with E-state index < -0.39 is 0 Å². The molecule has 0 saturated carbocycles. The minimum atomic E-state index is -0.0202. The van der Waals surface area contributed by atoms with Gasteiger partial charge in [0.05, 0.1) is 7.11 Å². The zero-order valence-electron chi connectivity index (χ0n) is 15.7. The van der Waals surface area contributed by atoms with Gasteiger partial charge in [0.25, 0.3) is 0 Å². The lowest BCUT2D eigenvalue weighted by atomic mass is 10.1. The van der Waals surface area contributed by atoms with Gasteiger partial charge in [-0.3, -0.25) is 9.69 Å². The number of rotatable bonds is 5. The van der Waals surface area contributed by atoms with Crippen molar-refractivity contribution < 1.29 is 4.74 Å². The third-order valence-electron chi connectivity index (χ3n) is 4.78. The summed E-state index contributed by atoms with van der Waals surface area (Å²) in [6.07, 6.45) is 3.53. The first-order valence-corrected chi connectivity index (χ1v) is 9.04. The van der Waals surface area contributed by atoms with Gasteiger partial charge >= 0.3 is 0 Å². The maximum absolute atomic E-state index is 12.8. The second-order valence-corrected chi connectivity index (χ2v) is 6.87. The fraction of sp³-hybridized carbons (Fsp3) is 0.450. The second-order valence-electron chi connectivity index (χ2n) is 6.87. The van der Waals surface area contributed by atoms with E-state index in [0.29, 0.717) is 18.2 Å². The van der Waals surface area contributed by atoms with Crippen molar-refractivity contribution in [1.82, 2.24) is 14.9 Å². The summed E-state index contributed by atoms with van der Waals surface area (Å²) in [4.78, 5) is 25.9. The van der Waals surface area contributed by atoms with Gasteiger partial charge in [-0.05, 0) is 23.6 Å². The van der Waals surface area contributed by atoms with Gasteiger partial charge < -0.3 is 9.64 Å². The molecule has 0 N–H and O–H groups in total. The number of nitrogens with zero attached hydrogens (tertiary/aromatic N) is 4. The molecule has 6 nitrogen and oxygen atoms in total. The Morgan fingerprint density at radius 3 is 2.42 bits per heavy atom. The topological polar surface area (TPSA) is 58.6 Å². The Kier molecular flexibility index (Phi) is 5.83. The summed E-state index contributed by atoms with van der Waals surface area (Å²) in [7, 11) is 1.56. The lowest BCUT2D eigenvalue weighted by Crippen LogP contribution is -2.46. The number of aromatic nitrogens is 2. The third-order valence-corrected chi connectivity index (χ3v) is 4.78. The van der Waals surface area contributed by atoms with Crippen LogP contribution in [0.1, 0.15) is 30.9 Å². The summed E-state index contributed by atoms with van der Waals surface area (Å²) >= 11 is 0. The molecule has 1 aliphatic heterocycles. The molecule has 1 aliphatic rings. The molecule has 26 heavy (non-hydrogen) atoms. The van der Waals surface area contributed by atoms with Gasteiger partial charge in [0.2, 0.25) is 11.4 Å². The highest BCUT2D eigenvalue weighted by atomic mass is 16.5. The number of piperazine rings is 1. The Labute approximate surface area is 154 Å². The van der Waals surface area contributed by atoms with Gasteiger partial charge in [-0.15, -0.1) is 0 Å². The van der Waals surface area contributed by atoms with Crippen LogP contribution in [0.4, 0.5) is 5.95 Å². The fourth-order valence-corrected chi connectivity index (χ4v) is 3.13. The average Bonchev–Trinajstić information content (AvgIpc) is 2.82. The lowest BCUT2D eigenvalue weighted by Gasteiger charge is -2.34. The van der Waals surface area contributed by atoms with Crippen molar-refractivity contribution in [2.24, 2.45) is 0 Å². The molecule has 2 heterocycles. The highest BCUT2D eigenvalue weighted by Crippen LogP contribution is 2.18. The van der Waals surface area contributed by atoms with Crippen LogP contribution in [0.3, 0.4) is 0 Å². The van der Waals surface area contributed by atoms with Crippen LogP contribution in [-0.2, 0) is 6.54 Å². The molecule has 3 rings (SSSR count). The molecule has 2 aromatic rings. The highest BCUT2D eigenvalue weighted by molar-refractivity contribution is 5.34. The number of anilines is 1. The van der Waals surface area contributed by atoms with Crippen molar-refractivity contribution >= 4 is 5.95 Å². The SMILES string of the molecule is COc1cc(C(C)C)ccc(CN2CCN(c3ncccn3)CC2)c1=O. The molecule has 0 radical (unpaired) electrons. The van der Waals surface area contributed by atoms with Crippen LogP contribution in [0.25, 0.3) is 0 Å². The molecule has 0 bridgehead atoms. The zero-order valence-corrected chi connectivity index (χ0v) is 15.7. The monoisotopic (exact) mass is 354 g/mol. The Morgan fingerprint density at radius 2 is 1.81 bits per heavy atom. The summed E-state index contributed by atoms with van der Waals surface area (Å²) < 4.78 is 5.34. The van der Waals surface area contributed by atoms with Crippen LogP contribution in [0, 0.1) is 0 Å². The van der Waals surface area contributed by atoms with E-state index in [4.69, 9.17) is 4.74 Å². The van der Waals surface area contributed by atoms with E-state index >= 15 is 0 Å². The van der Waals surface area contributed by atoms with Crippen molar-refractivity contribution in [3.05, 3.63) is 58.0 Å². The van der Waals surface area contributed by atoms with E-state index in [1.54, 1.807) is 19.5 Å². The zero-order chi connectivity index (χ0) is 18.5. The second kappa shape index (κ2) is 8.27. The largest absolute Gasteiger partial charge is 0.493 e. The molecule has 6 heteroatoms. The molecule has 1 fully saturated rings. The van der Waals surface area contributed by atoms with Crippen molar-refractivity contribution in [2.75, 3.05) is 38.2 Å². The molecule has 138 valence electrons. The van der Waals surface area contributed by atoms with Crippen molar-refractivity contribution in [3.8, 4) is 5.75 Å². The van der Waals surface area contributed by atoms with Crippen LogP contribution in [0.5, 0.6) is 5.75 Å². The van der Waals surface area contributed by atoms with E-state index in [1.807, 2.05) is 24.3 Å². The minimum absolute atomic E-state index is 0.0202. The molecule has 1 saturated heterocycles. The van der Waals surface area contributed by atoms with Gasteiger partial charge in [-0.25, -0.2) is 9.97 Å². The average molecular weight is 354 g/mol. The number of hydrogen-bond donors (Lipinski definition) is 0. The van der Waals surface area contributed by atoms with Gasteiger partial charge in [0, 0.05) is 50.7 Å². The normalized spacial score (nSPS) is 15.3. The number of hydrogen-bond acceptors (Lipinski definition) is 6. The minimum Gasteiger partial charge on any atom is -0.493 e. The van der Waals surface area contributed by atoms with Crippen LogP contribution < -0.4 is 15.1 Å². The van der Waals surface area contributed by atoms with Gasteiger partial charge in [-0.1, -0.05) is 26.0 Å². The summed E-state index contributed by atoms with van der Waals surface area (Å²) in [6, 6.07) is 7.68. The van der Waals surface area contributed by atoms with Gasteiger partial charge in [-0.2, -0.15) is 0 Å². The highest BCUT2D eigenvalue weighted by Gasteiger charge is 2.20. The molecule has 0 amide bonds. The first kappa shape index (κ1) is 18.3. The Bertz CT molecular complexity index is 787. The molecule has 1 aromatic heterocycles. The Balaban J connectivity index is 1.72. The number of methoxy groups -OCH3 is 1. The molecule has 0 aliphatic carbocycles. The maximum Gasteiger partial charge on any atom is 0.225 e. The van der Waals surface area contributed by atoms with Crippen LogP contribution >= 0.6 is 0 Å². The predicted molar refractivity (Wildman–Crippen MR) is 103 cm³/mol. The van der Waals surface area contributed by atoms with Crippen LogP contribution in [-0.4, -0.2) is 48.2 Å². The summed E-state index contributed by atoms with van der Waals surface area (Å²) in [5.74, 6) is 1.54.